The van der Waals surface area contributed by atoms with Crippen molar-refractivity contribution in [3.63, 3.8) is 0 Å². The van der Waals surface area contributed by atoms with Gasteiger partial charge in [0, 0.05) is 0 Å². The van der Waals surface area contributed by atoms with Gasteiger partial charge in [0.1, 0.15) is 0 Å². The Kier molecular flexibility index (Phi) is 5.56. The van der Waals surface area contributed by atoms with Gasteiger partial charge in [-0.05, 0) is 11.1 Å². The van der Waals surface area contributed by atoms with E-state index in [1.807, 2.05) is 0 Å². The Bertz CT molecular complexity index is 103. The molecule has 0 heterocycles. The van der Waals surface area contributed by atoms with E-state index in [1.165, 1.54) is 12.8 Å². The van der Waals surface area contributed by atoms with E-state index >= 15 is 0 Å². The van der Waals surface area contributed by atoms with Gasteiger partial charge in [0.25, 0.3) is 0 Å². The highest BCUT2D eigenvalue weighted by atomic mass is 79.9. The van der Waals surface area contributed by atoms with Crippen LogP contribution in [0.2, 0.25) is 11.1 Å². The molecule has 0 aromatic carbocycles. The fourth-order valence-corrected chi connectivity index (χ4v) is 6.97. The highest BCUT2D eigenvalue weighted by Gasteiger charge is 2.37. The highest BCUT2D eigenvalue weighted by Crippen LogP contribution is 2.45. The second kappa shape index (κ2) is 5.03. The Balaban J connectivity index is 4.18. The average Bonchev–Trinajstić information content (AvgIpc) is 2.01. The molecule has 0 aromatic rings. The molecule has 0 aliphatic rings. The van der Waals surface area contributed by atoms with E-state index in [9.17, 15) is 0 Å². The summed E-state index contributed by atoms with van der Waals surface area (Å²) in [6.07, 6.45) is 2.54. The van der Waals surface area contributed by atoms with Crippen LogP contribution in [-0.4, -0.2) is 5.31 Å². The Labute approximate surface area is 87.3 Å². The molecule has 0 radical (unpaired) electrons. The molecule has 0 nitrogen and oxygen atoms in total. The van der Waals surface area contributed by atoms with Gasteiger partial charge < -0.3 is 0 Å². The van der Waals surface area contributed by atoms with Crippen LogP contribution in [-0.2, 0) is 0 Å². The van der Waals surface area contributed by atoms with Gasteiger partial charge in [0.15, 0.2) is 0 Å². The summed E-state index contributed by atoms with van der Waals surface area (Å²) in [5.41, 5.74) is 1.63. The van der Waals surface area contributed by atoms with Crippen molar-refractivity contribution in [1.29, 1.82) is 0 Å². The normalized spacial score (nSPS) is 18.0. The lowest BCUT2D eigenvalue weighted by atomic mass is 10.4. The largest absolute Gasteiger partial charge is 0.206 e. The maximum atomic E-state index is 3.89. The van der Waals surface area contributed by atoms with Crippen LogP contribution in [0.5, 0.6) is 0 Å². The molecule has 0 saturated heterocycles. The number of hydrogen-bond donors (Lipinski definition) is 0. The van der Waals surface area contributed by atoms with Crippen LogP contribution in [0.3, 0.4) is 0 Å². The zero-order valence-electron chi connectivity index (χ0n) is 7.82. The van der Waals surface area contributed by atoms with E-state index < -0.39 is 5.31 Å². The smallest absolute Gasteiger partial charge is 0.110 e. The van der Waals surface area contributed by atoms with Gasteiger partial charge in [-0.3, -0.25) is 0 Å². The van der Waals surface area contributed by atoms with E-state index in [0.29, 0.717) is 0 Å². The molecule has 0 fully saturated rings. The van der Waals surface area contributed by atoms with E-state index in [-0.39, 0.29) is 0 Å². The molecule has 0 amide bonds. The highest BCUT2D eigenvalue weighted by molar-refractivity contribution is 9.51. The first-order valence-electron chi connectivity index (χ1n) is 4.34. The molecule has 2 atom stereocenters. The van der Waals surface area contributed by atoms with Gasteiger partial charge in [0.05, 0.1) is 0 Å². The topological polar surface area (TPSA) is 0 Å². The first-order valence-corrected chi connectivity index (χ1v) is 11.0. The quantitative estimate of drug-likeness (QED) is 0.516. The molecule has 11 heavy (non-hydrogen) atoms. The first kappa shape index (κ1) is 12.2. The first-order chi connectivity index (χ1) is 4.96. The standard InChI is InChI=1S/C8H18Br2Si/c1-5-7(3)11(9,10)8(4)6-2/h7-8H,5-6H2,1-4H3. The van der Waals surface area contributed by atoms with Gasteiger partial charge in [0.2, 0.25) is 5.31 Å². The van der Waals surface area contributed by atoms with Crippen LogP contribution in [0.1, 0.15) is 40.5 Å². The van der Waals surface area contributed by atoms with E-state index in [2.05, 4.69) is 58.3 Å². The summed E-state index contributed by atoms with van der Waals surface area (Å²) in [5.74, 6) is 0. The fourth-order valence-electron chi connectivity index (χ4n) is 1.03. The Morgan fingerprint density at radius 2 is 1.27 bits per heavy atom. The van der Waals surface area contributed by atoms with Gasteiger partial charge in [-0.2, -0.15) is 0 Å². The summed E-state index contributed by atoms with van der Waals surface area (Å²) < 4.78 is 0. The van der Waals surface area contributed by atoms with E-state index in [1.54, 1.807) is 0 Å². The molecule has 0 rings (SSSR count). The van der Waals surface area contributed by atoms with Crippen LogP contribution in [0.25, 0.3) is 0 Å². The number of halogens is 2. The van der Waals surface area contributed by atoms with Crippen LogP contribution < -0.4 is 0 Å². The molecular formula is C8H18Br2Si. The Morgan fingerprint density at radius 3 is 1.45 bits per heavy atom. The third kappa shape index (κ3) is 3.19. The maximum Gasteiger partial charge on any atom is 0.206 e. The molecule has 0 N–H and O–H groups in total. The van der Waals surface area contributed by atoms with Crippen LogP contribution in [0.4, 0.5) is 0 Å². The monoisotopic (exact) mass is 300 g/mol. The molecule has 0 saturated carbocycles. The molecule has 3 heteroatoms. The summed E-state index contributed by atoms with van der Waals surface area (Å²) in [6, 6.07) is 0. The lowest BCUT2D eigenvalue weighted by molar-refractivity contribution is 0.795. The summed E-state index contributed by atoms with van der Waals surface area (Å²) in [5, 5.41) is -1.29. The minimum absolute atomic E-state index is 0.817. The van der Waals surface area contributed by atoms with E-state index in [0.717, 1.165) is 11.1 Å². The summed E-state index contributed by atoms with van der Waals surface area (Å²) in [7, 11) is 0. The molecule has 0 aliphatic carbocycles. The third-order valence-corrected chi connectivity index (χ3v) is 15.4. The summed E-state index contributed by atoms with van der Waals surface area (Å²) in [6.45, 7) is 9.19. The molecular weight excluding hydrogens is 284 g/mol. The van der Waals surface area contributed by atoms with Gasteiger partial charge >= 0.3 is 0 Å². The van der Waals surface area contributed by atoms with Crippen LogP contribution in [0, 0.1) is 0 Å². The van der Waals surface area contributed by atoms with Crippen molar-refractivity contribution in [1.82, 2.24) is 0 Å². The van der Waals surface area contributed by atoms with Crippen LogP contribution >= 0.6 is 30.6 Å². The van der Waals surface area contributed by atoms with Crippen molar-refractivity contribution in [3.05, 3.63) is 0 Å². The van der Waals surface area contributed by atoms with Crippen molar-refractivity contribution >= 4 is 35.9 Å². The van der Waals surface area contributed by atoms with Crippen molar-refractivity contribution in [2.24, 2.45) is 0 Å². The Hall–Kier alpha value is 1.18. The van der Waals surface area contributed by atoms with Crippen LogP contribution in [0.15, 0.2) is 0 Å². The lowest BCUT2D eigenvalue weighted by Crippen LogP contribution is -2.28. The predicted molar refractivity (Wildman–Crippen MR) is 63.0 cm³/mol. The van der Waals surface area contributed by atoms with Gasteiger partial charge in [-0.1, -0.05) is 40.5 Å². The molecule has 0 aromatic heterocycles. The number of hydrogen-bond acceptors (Lipinski definition) is 0. The minimum Gasteiger partial charge on any atom is -0.110 e. The zero-order chi connectivity index (χ0) is 9.07. The number of rotatable bonds is 4. The second-order valence-electron chi connectivity index (χ2n) is 3.29. The predicted octanol–water partition coefficient (Wildman–Crippen LogP) is 4.82. The molecule has 2 unspecified atom stereocenters. The molecule has 0 spiro atoms. The lowest BCUT2D eigenvalue weighted by Gasteiger charge is -2.29. The zero-order valence-corrected chi connectivity index (χ0v) is 12.0. The summed E-state index contributed by atoms with van der Waals surface area (Å²) >= 11 is 7.78. The SMILES string of the molecule is CCC(C)[Si](Br)(Br)C(C)CC. The third-order valence-electron chi connectivity index (χ3n) is 2.54. The molecule has 0 bridgehead atoms. The van der Waals surface area contributed by atoms with E-state index in [4.69, 9.17) is 0 Å². The van der Waals surface area contributed by atoms with Crippen molar-refractivity contribution < 1.29 is 0 Å². The molecule has 0 aliphatic heterocycles. The van der Waals surface area contributed by atoms with Crippen molar-refractivity contribution in [2.45, 2.75) is 51.6 Å². The van der Waals surface area contributed by atoms with Crippen molar-refractivity contribution in [3.8, 4) is 0 Å². The van der Waals surface area contributed by atoms with Crippen molar-refractivity contribution in [2.75, 3.05) is 0 Å². The average molecular weight is 302 g/mol. The Morgan fingerprint density at radius 1 is 1.00 bits per heavy atom. The maximum absolute atomic E-state index is 3.89. The van der Waals surface area contributed by atoms with Gasteiger partial charge in [-0.25, -0.2) is 0 Å². The minimum atomic E-state index is -1.29. The molecule has 68 valence electrons. The summed E-state index contributed by atoms with van der Waals surface area (Å²) in [4.78, 5) is 0. The fraction of sp³-hybridized carbons (Fsp3) is 1.00. The van der Waals surface area contributed by atoms with Gasteiger partial charge in [-0.15, -0.1) is 30.6 Å². The second-order valence-corrected chi connectivity index (χ2v) is 17.7.